The molecule has 0 aromatic heterocycles. The molecule has 0 unspecified atom stereocenters. The highest BCUT2D eigenvalue weighted by atomic mass is 19.4. The first kappa shape index (κ1) is 20.9. The van der Waals surface area contributed by atoms with E-state index < -0.39 is 17.6 Å². The molecule has 8 heteroatoms. The van der Waals surface area contributed by atoms with Gasteiger partial charge in [-0.2, -0.15) is 13.2 Å². The second-order valence-corrected chi connectivity index (χ2v) is 7.32. The van der Waals surface area contributed by atoms with Crippen molar-refractivity contribution in [3.05, 3.63) is 28.8 Å². The second-order valence-electron chi connectivity index (χ2n) is 7.32. The Morgan fingerprint density at radius 1 is 1.32 bits per heavy atom. The first-order valence-electron chi connectivity index (χ1n) is 9.76. The minimum atomic E-state index is -4.50. The van der Waals surface area contributed by atoms with Crippen molar-refractivity contribution in [1.29, 1.82) is 0 Å². The van der Waals surface area contributed by atoms with Gasteiger partial charge in [0.05, 0.1) is 30.9 Å². The van der Waals surface area contributed by atoms with Gasteiger partial charge in [-0.05, 0) is 56.5 Å². The van der Waals surface area contributed by atoms with Crippen LogP contribution in [0.2, 0.25) is 0 Å². The molecular weight excluding hydrogens is 373 g/mol. The maximum atomic E-state index is 13.2. The van der Waals surface area contributed by atoms with Gasteiger partial charge in [0, 0.05) is 12.6 Å². The van der Waals surface area contributed by atoms with Crippen LogP contribution < -0.4 is 10.1 Å². The van der Waals surface area contributed by atoms with Crippen LogP contribution in [-0.4, -0.2) is 56.3 Å². The predicted octanol–water partition coefficient (Wildman–Crippen LogP) is 3.26. The first-order valence-corrected chi connectivity index (χ1v) is 9.76. The van der Waals surface area contributed by atoms with Gasteiger partial charge in [-0.1, -0.05) is 6.92 Å². The van der Waals surface area contributed by atoms with Gasteiger partial charge in [-0.3, -0.25) is 9.69 Å². The Balaban J connectivity index is 1.86. The number of halogens is 3. The van der Waals surface area contributed by atoms with Crippen LogP contribution in [0.15, 0.2) is 12.1 Å². The van der Waals surface area contributed by atoms with Crippen molar-refractivity contribution in [2.24, 2.45) is 0 Å². The third kappa shape index (κ3) is 4.43. The number of hydrogen-bond acceptors (Lipinski definition) is 4. The zero-order chi connectivity index (χ0) is 20.3. The van der Waals surface area contributed by atoms with E-state index in [4.69, 9.17) is 9.47 Å². The van der Waals surface area contributed by atoms with Gasteiger partial charge >= 0.3 is 6.18 Å². The average molecular weight is 400 g/mol. The highest BCUT2D eigenvalue weighted by Gasteiger charge is 2.36. The Hall–Kier alpha value is -1.80. The number of amides is 1. The molecule has 156 valence electrons. The number of rotatable bonds is 5. The average Bonchev–Trinajstić information content (AvgIpc) is 3.21. The molecule has 5 nitrogen and oxygen atoms in total. The molecule has 28 heavy (non-hydrogen) atoms. The van der Waals surface area contributed by atoms with Crippen molar-refractivity contribution in [2.45, 2.75) is 50.9 Å². The third-order valence-corrected chi connectivity index (χ3v) is 5.59. The van der Waals surface area contributed by atoms with E-state index in [9.17, 15) is 18.0 Å². The lowest BCUT2D eigenvalue weighted by molar-refractivity contribution is -0.137. The summed E-state index contributed by atoms with van der Waals surface area (Å²) in [6, 6.07) is 1.91. The second kappa shape index (κ2) is 8.69. The summed E-state index contributed by atoms with van der Waals surface area (Å²) in [6.07, 6.45) is -1.09. The summed E-state index contributed by atoms with van der Waals surface area (Å²) < 4.78 is 50.2. The van der Waals surface area contributed by atoms with Crippen LogP contribution in [0.5, 0.6) is 5.75 Å². The van der Waals surface area contributed by atoms with Crippen molar-refractivity contribution in [2.75, 3.05) is 33.4 Å². The molecule has 2 fully saturated rings. The van der Waals surface area contributed by atoms with Crippen LogP contribution in [0.25, 0.3) is 0 Å². The van der Waals surface area contributed by atoms with Crippen molar-refractivity contribution >= 4 is 5.91 Å². The summed E-state index contributed by atoms with van der Waals surface area (Å²) in [5.41, 5.74) is -0.323. The lowest BCUT2D eigenvalue weighted by Gasteiger charge is -2.38. The number of carbonyl (C=O) groups excluding carboxylic acids is 1. The summed E-state index contributed by atoms with van der Waals surface area (Å²) in [5, 5.41) is 3.00. The molecule has 0 bridgehead atoms. The van der Waals surface area contributed by atoms with Crippen molar-refractivity contribution < 1.29 is 27.4 Å². The van der Waals surface area contributed by atoms with Gasteiger partial charge in [0.25, 0.3) is 5.91 Å². The predicted molar refractivity (Wildman–Crippen MR) is 98.7 cm³/mol. The molecule has 2 heterocycles. The molecule has 0 saturated carbocycles. The van der Waals surface area contributed by atoms with Crippen LogP contribution in [0.1, 0.15) is 47.7 Å². The Labute approximate surface area is 163 Å². The number of ether oxygens (including phenoxy) is 2. The standard InChI is InChI=1S/C20H27F3N2O3/c1-3-13-10-14(20(21,22)23)11-17(27-2)18(13)19(26)24-15-12-28-9-6-16(15)25-7-4-5-8-25/h10-11,15-16H,3-9,12H2,1-2H3,(H,24,26)/t15-,16-/m0/s1. The molecule has 0 radical (unpaired) electrons. The normalized spacial score (nSPS) is 23.6. The molecule has 2 saturated heterocycles. The Kier molecular flexibility index (Phi) is 6.50. The highest BCUT2D eigenvalue weighted by Crippen LogP contribution is 2.35. The van der Waals surface area contributed by atoms with E-state index in [1.807, 2.05) is 0 Å². The summed E-state index contributed by atoms with van der Waals surface area (Å²) in [7, 11) is 1.28. The highest BCUT2D eigenvalue weighted by molar-refractivity contribution is 5.99. The van der Waals surface area contributed by atoms with E-state index in [2.05, 4.69) is 10.2 Å². The lowest BCUT2D eigenvalue weighted by atomic mass is 9.97. The lowest BCUT2D eigenvalue weighted by Crippen LogP contribution is -2.56. The van der Waals surface area contributed by atoms with Crippen molar-refractivity contribution in [3.8, 4) is 5.75 Å². The molecule has 0 spiro atoms. The van der Waals surface area contributed by atoms with Crippen LogP contribution in [-0.2, 0) is 17.3 Å². The van der Waals surface area contributed by atoms with E-state index in [-0.39, 0.29) is 23.4 Å². The van der Waals surface area contributed by atoms with Crippen LogP contribution in [0.4, 0.5) is 13.2 Å². The monoisotopic (exact) mass is 400 g/mol. The first-order chi connectivity index (χ1) is 13.3. The summed E-state index contributed by atoms with van der Waals surface area (Å²) >= 11 is 0. The molecular formula is C20H27F3N2O3. The molecule has 2 atom stereocenters. The van der Waals surface area contributed by atoms with Crippen LogP contribution >= 0.6 is 0 Å². The van der Waals surface area contributed by atoms with Gasteiger partial charge < -0.3 is 14.8 Å². The maximum absolute atomic E-state index is 13.2. The van der Waals surface area contributed by atoms with Gasteiger partial charge in [0.2, 0.25) is 0 Å². The fourth-order valence-corrected chi connectivity index (χ4v) is 4.15. The van der Waals surface area contributed by atoms with Gasteiger partial charge in [-0.25, -0.2) is 0 Å². The molecule has 3 rings (SSSR count). The smallest absolute Gasteiger partial charge is 0.416 e. The maximum Gasteiger partial charge on any atom is 0.416 e. The Morgan fingerprint density at radius 2 is 2.04 bits per heavy atom. The quantitative estimate of drug-likeness (QED) is 0.824. The molecule has 2 aliphatic heterocycles. The molecule has 1 aromatic rings. The zero-order valence-electron chi connectivity index (χ0n) is 16.3. The van der Waals surface area contributed by atoms with Crippen molar-refractivity contribution in [3.63, 3.8) is 0 Å². The van der Waals surface area contributed by atoms with E-state index >= 15 is 0 Å². The number of methoxy groups -OCH3 is 1. The number of hydrogen-bond donors (Lipinski definition) is 1. The third-order valence-electron chi connectivity index (χ3n) is 5.59. The topological polar surface area (TPSA) is 50.8 Å². The zero-order valence-corrected chi connectivity index (χ0v) is 16.3. The van der Waals surface area contributed by atoms with E-state index in [1.54, 1.807) is 6.92 Å². The minimum absolute atomic E-state index is 0.0568. The molecule has 1 amide bonds. The summed E-state index contributed by atoms with van der Waals surface area (Å²) in [5.74, 6) is -0.472. The molecule has 1 aromatic carbocycles. The number of likely N-dealkylation sites (tertiary alicyclic amines) is 1. The number of nitrogens with one attached hydrogen (secondary N) is 1. The Bertz CT molecular complexity index is 677. The van der Waals surface area contributed by atoms with Gasteiger partial charge in [0.15, 0.2) is 0 Å². The summed E-state index contributed by atoms with van der Waals surface area (Å²) in [6.45, 7) is 4.78. The Morgan fingerprint density at radius 3 is 2.64 bits per heavy atom. The number of benzene rings is 1. The number of aryl methyl sites for hydroxylation is 1. The van der Waals surface area contributed by atoms with Crippen LogP contribution in [0.3, 0.4) is 0 Å². The van der Waals surface area contributed by atoms with E-state index in [1.165, 1.54) is 7.11 Å². The fraction of sp³-hybridized carbons (Fsp3) is 0.650. The van der Waals surface area contributed by atoms with Crippen molar-refractivity contribution in [1.82, 2.24) is 10.2 Å². The SMILES string of the molecule is CCc1cc(C(F)(F)F)cc(OC)c1C(=O)N[C@H]1COCC[C@@H]1N1CCCC1. The van der Waals surface area contributed by atoms with E-state index in [0.717, 1.165) is 44.5 Å². The molecule has 0 aliphatic carbocycles. The summed E-state index contributed by atoms with van der Waals surface area (Å²) in [4.78, 5) is 15.4. The van der Waals surface area contributed by atoms with Gasteiger partial charge in [-0.15, -0.1) is 0 Å². The van der Waals surface area contributed by atoms with Crippen LogP contribution in [0, 0.1) is 0 Å². The number of carbonyl (C=O) groups is 1. The molecule has 1 N–H and O–H groups in total. The number of nitrogens with zero attached hydrogens (tertiary/aromatic N) is 1. The van der Waals surface area contributed by atoms with E-state index in [0.29, 0.717) is 25.2 Å². The van der Waals surface area contributed by atoms with Gasteiger partial charge in [0.1, 0.15) is 5.75 Å². The minimum Gasteiger partial charge on any atom is -0.496 e. The fourth-order valence-electron chi connectivity index (χ4n) is 4.15. The molecule has 2 aliphatic rings. The largest absolute Gasteiger partial charge is 0.496 e. The number of alkyl halides is 3.